The maximum atomic E-state index is 5.27. The van der Waals surface area contributed by atoms with Crippen LogP contribution in [-0.4, -0.2) is 37.2 Å². The Morgan fingerprint density at radius 1 is 1.50 bits per heavy atom. The topological polar surface area (TPSA) is 24.8 Å². The van der Waals surface area contributed by atoms with Crippen molar-refractivity contribution in [3.63, 3.8) is 0 Å². The average Bonchev–Trinajstić information content (AvgIpc) is 2.43. The van der Waals surface area contributed by atoms with Gasteiger partial charge in [-0.1, -0.05) is 0 Å². The van der Waals surface area contributed by atoms with Crippen LogP contribution in [0.4, 0.5) is 0 Å². The van der Waals surface area contributed by atoms with Gasteiger partial charge in [-0.25, -0.2) is 4.99 Å². The van der Waals surface area contributed by atoms with Crippen LogP contribution in [0.15, 0.2) is 4.99 Å². The summed E-state index contributed by atoms with van der Waals surface area (Å²) in [6.07, 6.45) is 0. The van der Waals surface area contributed by atoms with E-state index < -0.39 is 0 Å². The van der Waals surface area contributed by atoms with Crippen molar-refractivity contribution in [2.45, 2.75) is 13.8 Å². The van der Waals surface area contributed by atoms with Gasteiger partial charge in [-0.15, -0.1) is 0 Å². The molecule has 1 heterocycles. The Kier molecular flexibility index (Phi) is 2.54. The van der Waals surface area contributed by atoms with Gasteiger partial charge in [-0.3, -0.25) is 0 Å². The highest BCUT2D eigenvalue weighted by Crippen LogP contribution is 1.99. The van der Waals surface area contributed by atoms with Gasteiger partial charge in [0, 0.05) is 13.1 Å². The highest BCUT2D eigenvalue weighted by molar-refractivity contribution is 5.74. The first-order valence-corrected chi connectivity index (χ1v) is 3.80. The number of ether oxygens (including phenoxy) is 1. The van der Waals surface area contributed by atoms with Crippen LogP contribution in [0.5, 0.6) is 0 Å². The van der Waals surface area contributed by atoms with Crippen molar-refractivity contribution in [2.75, 3.05) is 26.2 Å². The molecule has 1 rings (SSSR count). The van der Waals surface area contributed by atoms with Crippen molar-refractivity contribution in [2.24, 2.45) is 4.99 Å². The number of hydrogen-bond donors (Lipinski definition) is 0. The van der Waals surface area contributed by atoms with Gasteiger partial charge in [-0.05, 0) is 13.8 Å². The van der Waals surface area contributed by atoms with Crippen molar-refractivity contribution in [1.29, 1.82) is 0 Å². The second-order valence-electron chi connectivity index (χ2n) is 2.19. The maximum absolute atomic E-state index is 5.27. The third-order valence-electron chi connectivity index (χ3n) is 1.60. The van der Waals surface area contributed by atoms with E-state index in [0.717, 1.165) is 32.3 Å². The minimum Gasteiger partial charge on any atom is -0.463 e. The maximum Gasteiger partial charge on any atom is 0.287 e. The lowest BCUT2D eigenvalue weighted by Crippen LogP contribution is -2.30. The van der Waals surface area contributed by atoms with E-state index in [0.29, 0.717) is 0 Å². The summed E-state index contributed by atoms with van der Waals surface area (Å²) in [5.74, 6) is 0. The summed E-state index contributed by atoms with van der Waals surface area (Å²) in [6.45, 7) is 7.75. The third kappa shape index (κ3) is 1.40. The van der Waals surface area contributed by atoms with Crippen LogP contribution in [-0.2, 0) is 4.74 Å². The Labute approximate surface area is 61.7 Å². The van der Waals surface area contributed by atoms with E-state index in [-0.39, 0.29) is 0 Å². The second kappa shape index (κ2) is 3.44. The molecule has 0 unspecified atom stereocenters. The van der Waals surface area contributed by atoms with Crippen LogP contribution in [0.25, 0.3) is 0 Å². The molecule has 3 nitrogen and oxygen atoms in total. The first-order valence-electron chi connectivity index (χ1n) is 3.80. The predicted molar refractivity (Wildman–Crippen MR) is 41.2 cm³/mol. The van der Waals surface area contributed by atoms with E-state index >= 15 is 0 Å². The molecule has 58 valence electrons. The normalized spacial score (nSPS) is 16.4. The molecule has 0 radical (unpaired) electrons. The summed E-state index contributed by atoms with van der Waals surface area (Å²) < 4.78 is 5.27. The number of amidine groups is 1. The van der Waals surface area contributed by atoms with Gasteiger partial charge in [0.25, 0.3) is 6.02 Å². The van der Waals surface area contributed by atoms with Crippen molar-refractivity contribution in [1.82, 2.24) is 4.90 Å². The predicted octanol–water partition coefficient (Wildman–Crippen LogP) is 0.714. The molecule has 0 aromatic heterocycles. The summed E-state index contributed by atoms with van der Waals surface area (Å²) in [7, 11) is 0. The highest BCUT2D eigenvalue weighted by atomic mass is 16.5. The lowest BCUT2D eigenvalue weighted by atomic mass is 10.5. The zero-order valence-corrected chi connectivity index (χ0v) is 6.63. The number of nitrogens with zero attached hydrogens (tertiary/aromatic N) is 2. The molecule has 1 aliphatic heterocycles. The molecule has 0 fully saturated rings. The molecule has 0 spiro atoms. The van der Waals surface area contributed by atoms with Crippen LogP contribution >= 0.6 is 0 Å². The van der Waals surface area contributed by atoms with Gasteiger partial charge in [0.15, 0.2) is 0 Å². The summed E-state index contributed by atoms with van der Waals surface area (Å²) in [5, 5.41) is 0. The Bertz CT molecular complexity index is 130. The number of aliphatic imine (C=N–C) groups is 1. The smallest absolute Gasteiger partial charge is 0.287 e. The fourth-order valence-electron chi connectivity index (χ4n) is 1.01. The first-order chi connectivity index (χ1) is 4.88. The molecule has 0 aromatic rings. The molecule has 0 aliphatic carbocycles. The molecule has 0 aromatic carbocycles. The van der Waals surface area contributed by atoms with Crippen molar-refractivity contribution < 1.29 is 4.74 Å². The quantitative estimate of drug-likeness (QED) is 0.567. The summed E-state index contributed by atoms with van der Waals surface area (Å²) in [4.78, 5) is 6.32. The Morgan fingerprint density at radius 3 is 2.60 bits per heavy atom. The molecule has 10 heavy (non-hydrogen) atoms. The first kappa shape index (κ1) is 7.38. The molecule has 0 atom stereocenters. The van der Waals surface area contributed by atoms with E-state index in [9.17, 15) is 0 Å². The molecular weight excluding hydrogens is 128 g/mol. The van der Waals surface area contributed by atoms with Gasteiger partial charge < -0.3 is 9.64 Å². The fraction of sp³-hybridized carbons (Fsp3) is 0.857. The molecule has 0 saturated carbocycles. The van der Waals surface area contributed by atoms with Crippen LogP contribution in [0.2, 0.25) is 0 Å². The summed E-state index contributed by atoms with van der Waals surface area (Å²) in [5.41, 5.74) is 0. The van der Waals surface area contributed by atoms with E-state index in [2.05, 4.69) is 23.7 Å². The van der Waals surface area contributed by atoms with E-state index in [4.69, 9.17) is 4.74 Å². The van der Waals surface area contributed by atoms with E-state index in [1.807, 2.05) is 0 Å². The largest absolute Gasteiger partial charge is 0.463 e. The van der Waals surface area contributed by atoms with Gasteiger partial charge in [0.05, 0.1) is 6.54 Å². The van der Waals surface area contributed by atoms with Crippen LogP contribution in [0, 0.1) is 0 Å². The molecule has 0 bridgehead atoms. The van der Waals surface area contributed by atoms with Crippen molar-refractivity contribution >= 4 is 6.02 Å². The molecular formula is C7H14N2O. The van der Waals surface area contributed by atoms with Crippen LogP contribution in [0.3, 0.4) is 0 Å². The molecule has 0 saturated heterocycles. The second-order valence-corrected chi connectivity index (χ2v) is 2.19. The van der Waals surface area contributed by atoms with Crippen LogP contribution in [0.1, 0.15) is 13.8 Å². The fourth-order valence-corrected chi connectivity index (χ4v) is 1.01. The Morgan fingerprint density at radius 2 is 2.20 bits per heavy atom. The zero-order chi connectivity index (χ0) is 7.40. The lowest BCUT2D eigenvalue weighted by molar-refractivity contribution is 0.273. The Balaban J connectivity index is 2.44. The molecule has 0 amide bonds. The zero-order valence-electron chi connectivity index (χ0n) is 6.63. The molecule has 3 heteroatoms. The summed E-state index contributed by atoms with van der Waals surface area (Å²) in [6, 6.07) is 0.824. The molecule has 1 aliphatic rings. The minimum absolute atomic E-state index is 0.756. The number of rotatable bonds is 2. The minimum atomic E-state index is 0.756. The van der Waals surface area contributed by atoms with E-state index in [1.165, 1.54) is 0 Å². The molecule has 0 N–H and O–H groups in total. The number of hydrogen-bond acceptors (Lipinski definition) is 3. The Hall–Kier alpha value is -0.730. The van der Waals surface area contributed by atoms with E-state index in [1.54, 1.807) is 0 Å². The SMILES string of the molecule is CCN(CC)C1=NCCO1. The van der Waals surface area contributed by atoms with Crippen molar-refractivity contribution in [3.05, 3.63) is 0 Å². The van der Waals surface area contributed by atoms with Gasteiger partial charge in [0.2, 0.25) is 0 Å². The van der Waals surface area contributed by atoms with Gasteiger partial charge >= 0.3 is 0 Å². The van der Waals surface area contributed by atoms with Gasteiger partial charge in [-0.2, -0.15) is 0 Å². The summed E-state index contributed by atoms with van der Waals surface area (Å²) >= 11 is 0. The standard InChI is InChI=1S/C7H14N2O/c1-3-9(4-2)7-8-5-6-10-7/h3-6H2,1-2H3. The van der Waals surface area contributed by atoms with Crippen LogP contribution < -0.4 is 0 Å². The monoisotopic (exact) mass is 142 g/mol. The van der Waals surface area contributed by atoms with Crippen molar-refractivity contribution in [3.8, 4) is 0 Å². The lowest BCUT2D eigenvalue weighted by Gasteiger charge is -2.18. The average molecular weight is 142 g/mol. The van der Waals surface area contributed by atoms with Gasteiger partial charge in [0.1, 0.15) is 6.61 Å². The highest BCUT2D eigenvalue weighted by Gasteiger charge is 2.12. The third-order valence-corrected chi connectivity index (χ3v) is 1.60.